The minimum atomic E-state index is -3.90. The van der Waals surface area contributed by atoms with Crippen LogP contribution >= 0.6 is 11.6 Å². The number of halogens is 1. The molecule has 3 aromatic rings. The Balaban J connectivity index is 2.07. The summed E-state index contributed by atoms with van der Waals surface area (Å²) in [6, 6.07) is 20.6. The van der Waals surface area contributed by atoms with Gasteiger partial charge in [0.15, 0.2) is 0 Å². The maximum absolute atomic E-state index is 14.1. The minimum absolute atomic E-state index is 0.106. The Kier molecular flexibility index (Phi) is 11.2. The molecule has 10 heteroatoms. The molecule has 3 aromatic carbocycles. The van der Waals surface area contributed by atoms with E-state index in [1.165, 1.54) is 24.1 Å². The number of sulfonamides is 1. The SMILES string of the molecule is CCC(C)NC(=O)C(Cc1ccccc1)N(Cc1cccc(C)c1)C(=O)CN(c1ccc(OC)c(Cl)c1)S(C)(=O)=O. The van der Waals surface area contributed by atoms with Crippen LogP contribution in [0, 0.1) is 6.92 Å². The molecular weight excluding hydrogens is 562 g/mol. The van der Waals surface area contributed by atoms with E-state index in [1.807, 2.05) is 75.4 Å². The van der Waals surface area contributed by atoms with Crippen LogP contribution in [-0.4, -0.2) is 57.1 Å². The molecule has 0 fully saturated rings. The number of rotatable bonds is 13. The summed E-state index contributed by atoms with van der Waals surface area (Å²) in [5.41, 5.74) is 2.92. The standard InChI is InChI=1S/C31H38ClN3O5S/c1-6-23(3)33-31(37)28(18-24-12-8-7-9-13-24)34(20-25-14-10-11-22(2)17-25)30(36)21-35(41(5,38)39)26-15-16-29(40-4)27(32)19-26/h7-17,19,23,28H,6,18,20-21H2,1-5H3,(H,33,37). The third-order valence-electron chi connectivity index (χ3n) is 6.81. The number of anilines is 1. The molecule has 0 radical (unpaired) electrons. The predicted molar refractivity (Wildman–Crippen MR) is 164 cm³/mol. The van der Waals surface area contributed by atoms with E-state index in [9.17, 15) is 18.0 Å². The molecule has 3 rings (SSSR count). The van der Waals surface area contributed by atoms with E-state index in [1.54, 1.807) is 6.07 Å². The van der Waals surface area contributed by atoms with Gasteiger partial charge in [0.25, 0.3) is 0 Å². The molecule has 0 saturated carbocycles. The molecule has 2 atom stereocenters. The summed E-state index contributed by atoms with van der Waals surface area (Å²) in [5.74, 6) is -0.451. The molecule has 0 aliphatic rings. The molecule has 0 bridgehead atoms. The van der Waals surface area contributed by atoms with Gasteiger partial charge in [0.2, 0.25) is 21.8 Å². The highest BCUT2D eigenvalue weighted by Crippen LogP contribution is 2.30. The summed E-state index contributed by atoms with van der Waals surface area (Å²) >= 11 is 6.29. The van der Waals surface area contributed by atoms with Gasteiger partial charge in [-0.2, -0.15) is 0 Å². The van der Waals surface area contributed by atoms with E-state index in [0.717, 1.165) is 33.7 Å². The molecule has 1 N–H and O–H groups in total. The summed E-state index contributed by atoms with van der Waals surface area (Å²) in [6.07, 6.45) is 2.00. The largest absolute Gasteiger partial charge is 0.495 e. The Morgan fingerprint density at radius 3 is 2.27 bits per heavy atom. The highest BCUT2D eigenvalue weighted by molar-refractivity contribution is 7.92. The van der Waals surface area contributed by atoms with Crippen molar-refractivity contribution in [3.05, 3.63) is 94.5 Å². The van der Waals surface area contributed by atoms with Gasteiger partial charge in [0.1, 0.15) is 18.3 Å². The van der Waals surface area contributed by atoms with Crippen molar-refractivity contribution < 1.29 is 22.7 Å². The minimum Gasteiger partial charge on any atom is -0.495 e. The van der Waals surface area contributed by atoms with Gasteiger partial charge in [-0.1, -0.05) is 78.7 Å². The Morgan fingerprint density at radius 1 is 1.00 bits per heavy atom. The van der Waals surface area contributed by atoms with E-state index in [0.29, 0.717) is 5.75 Å². The van der Waals surface area contributed by atoms with Crippen molar-refractivity contribution in [1.29, 1.82) is 0 Å². The second-order valence-corrected chi connectivity index (χ2v) is 12.4. The fraction of sp³-hybridized carbons (Fsp3) is 0.355. The van der Waals surface area contributed by atoms with Crippen molar-refractivity contribution in [2.75, 3.05) is 24.2 Å². The first-order chi connectivity index (χ1) is 19.4. The van der Waals surface area contributed by atoms with Crippen LogP contribution in [0.4, 0.5) is 5.69 Å². The van der Waals surface area contributed by atoms with Gasteiger partial charge in [-0.15, -0.1) is 0 Å². The van der Waals surface area contributed by atoms with Crippen molar-refractivity contribution in [2.24, 2.45) is 0 Å². The van der Waals surface area contributed by atoms with Gasteiger partial charge in [-0.3, -0.25) is 13.9 Å². The van der Waals surface area contributed by atoms with Gasteiger partial charge in [0, 0.05) is 19.0 Å². The van der Waals surface area contributed by atoms with Crippen LogP contribution in [0.15, 0.2) is 72.8 Å². The lowest BCUT2D eigenvalue weighted by Crippen LogP contribution is -2.54. The summed E-state index contributed by atoms with van der Waals surface area (Å²) < 4.78 is 32.1. The fourth-order valence-corrected chi connectivity index (χ4v) is 5.52. The van der Waals surface area contributed by atoms with E-state index in [-0.39, 0.29) is 35.6 Å². The summed E-state index contributed by atoms with van der Waals surface area (Å²) in [6.45, 7) is 5.42. The molecule has 41 heavy (non-hydrogen) atoms. The molecule has 0 aromatic heterocycles. The van der Waals surface area contributed by atoms with E-state index in [2.05, 4.69) is 5.32 Å². The molecule has 0 heterocycles. The highest BCUT2D eigenvalue weighted by atomic mass is 35.5. The van der Waals surface area contributed by atoms with Crippen molar-refractivity contribution in [1.82, 2.24) is 10.2 Å². The van der Waals surface area contributed by atoms with E-state index in [4.69, 9.17) is 16.3 Å². The van der Waals surface area contributed by atoms with Crippen LogP contribution in [0.5, 0.6) is 5.75 Å². The third kappa shape index (κ3) is 8.96. The van der Waals surface area contributed by atoms with Crippen molar-refractivity contribution in [3.8, 4) is 5.75 Å². The zero-order valence-electron chi connectivity index (χ0n) is 24.1. The second-order valence-electron chi connectivity index (χ2n) is 10.1. The average Bonchev–Trinajstić information content (AvgIpc) is 2.93. The smallest absolute Gasteiger partial charge is 0.244 e. The molecule has 0 spiro atoms. The highest BCUT2D eigenvalue weighted by Gasteiger charge is 2.33. The normalized spacial score (nSPS) is 12.7. The number of hydrogen-bond acceptors (Lipinski definition) is 5. The zero-order chi connectivity index (χ0) is 30.2. The van der Waals surface area contributed by atoms with Crippen LogP contribution in [0.25, 0.3) is 0 Å². The number of nitrogens with zero attached hydrogens (tertiary/aromatic N) is 2. The molecule has 8 nitrogen and oxygen atoms in total. The first-order valence-corrected chi connectivity index (χ1v) is 15.7. The molecule has 2 amide bonds. The van der Waals surface area contributed by atoms with Crippen LogP contribution in [-0.2, 0) is 32.6 Å². The molecule has 0 saturated heterocycles. The topological polar surface area (TPSA) is 96.0 Å². The Labute approximate surface area is 248 Å². The first-order valence-electron chi connectivity index (χ1n) is 13.4. The molecule has 220 valence electrons. The van der Waals surface area contributed by atoms with Gasteiger partial charge >= 0.3 is 0 Å². The number of carbonyl (C=O) groups excluding carboxylic acids is 2. The van der Waals surface area contributed by atoms with Gasteiger partial charge in [-0.05, 0) is 49.6 Å². The number of amides is 2. The maximum atomic E-state index is 14.1. The monoisotopic (exact) mass is 599 g/mol. The van der Waals surface area contributed by atoms with Crippen LogP contribution < -0.4 is 14.4 Å². The molecule has 2 unspecified atom stereocenters. The Hall–Kier alpha value is -3.56. The lowest BCUT2D eigenvalue weighted by atomic mass is 10.0. The van der Waals surface area contributed by atoms with E-state index < -0.39 is 28.5 Å². The van der Waals surface area contributed by atoms with Crippen molar-refractivity contribution >= 4 is 39.1 Å². The maximum Gasteiger partial charge on any atom is 0.244 e. The van der Waals surface area contributed by atoms with Crippen molar-refractivity contribution in [3.63, 3.8) is 0 Å². The quantitative estimate of drug-likeness (QED) is 0.299. The van der Waals surface area contributed by atoms with E-state index >= 15 is 0 Å². The van der Waals surface area contributed by atoms with Crippen LogP contribution in [0.1, 0.15) is 37.0 Å². The zero-order valence-corrected chi connectivity index (χ0v) is 25.7. The van der Waals surface area contributed by atoms with Crippen LogP contribution in [0.3, 0.4) is 0 Å². The van der Waals surface area contributed by atoms with Gasteiger partial charge in [0.05, 0.1) is 24.1 Å². The summed E-state index contributed by atoms with van der Waals surface area (Å²) in [7, 11) is -2.45. The third-order valence-corrected chi connectivity index (χ3v) is 8.25. The molecular formula is C31H38ClN3O5S. The number of hydrogen-bond donors (Lipinski definition) is 1. The number of methoxy groups -OCH3 is 1. The molecule has 0 aliphatic heterocycles. The number of ether oxygens (including phenoxy) is 1. The second kappa shape index (κ2) is 14.4. The van der Waals surface area contributed by atoms with Crippen LogP contribution in [0.2, 0.25) is 5.02 Å². The lowest BCUT2D eigenvalue weighted by Gasteiger charge is -2.34. The lowest BCUT2D eigenvalue weighted by molar-refractivity contribution is -0.140. The number of benzene rings is 3. The number of nitrogens with one attached hydrogen (secondary N) is 1. The number of aryl methyl sites for hydroxylation is 1. The summed E-state index contributed by atoms with van der Waals surface area (Å²) in [4.78, 5) is 29.3. The summed E-state index contributed by atoms with van der Waals surface area (Å²) in [5, 5.41) is 3.23. The predicted octanol–water partition coefficient (Wildman–Crippen LogP) is 4.98. The first kappa shape index (κ1) is 32.0. The fourth-order valence-electron chi connectivity index (χ4n) is 4.43. The van der Waals surface area contributed by atoms with Crippen molar-refractivity contribution in [2.45, 2.75) is 52.2 Å². The van der Waals surface area contributed by atoms with Gasteiger partial charge < -0.3 is 15.0 Å². The Bertz CT molecular complexity index is 1450. The Morgan fingerprint density at radius 2 is 1.68 bits per heavy atom. The average molecular weight is 600 g/mol. The molecule has 0 aliphatic carbocycles. The van der Waals surface area contributed by atoms with Gasteiger partial charge in [-0.25, -0.2) is 8.42 Å². The number of carbonyl (C=O) groups is 2.